The van der Waals surface area contributed by atoms with E-state index in [2.05, 4.69) is 15.6 Å². The number of aryl methyl sites for hydroxylation is 2. The third kappa shape index (κ3) is 4.92. The van der Waals surface area contributed by atoms with Crippen LogP contribution in [0.15, 0.2) is 42.7 Å². The molecule has 23 heavy (non-hydrogen) atoms. The fraction of sp³-hybridized carbons (Fsp3) is 0.278. The summed E-state index contributed by atoms with van der Waals surface area (Å²) in [6.07, 6.45) is 3.82. The van der Waals surface area contributed by atoms with E-state index in [1.54, 1.807) is 18.3 Å². The second-order valence-electron chi connectivity index (χ2n) is 5.41. The Labute approximate surface area is 136 Å². The Kier molecular flexibility index (Phi) is 5.86. The maximum Gasteiger partial charge on any atom is 0.252 e. The third-order valence-electron chi connectivity index (χ3n) is 3.62. The van der Waals surface area contributed by atoms with Crippen molar-refractivity contribution < 1.29 is 9.59 Å². The first-order valence-electron chi connectivity index (χ1n) is 7.61. The van der Waals surface area contributed by atoms with Gasteiger partial charge in [0, 0.05) is 31.0 Å². The van der Waals surface area contributed by atoms with Crippen LogP contribution in [0.2, 0.25) is 0 Å². The Morgan fingerprint density at radius 2 is 1.65 bits per heavy atom. The molecule has 2 amide bonds. The van der Waals surface area contributed by atoms with Gasteiger partial charge in [0.15, 0.2) is 0 Å². The Morgan fingerprint density at radius 3 is 2.26 bits per heavy atom. The predicted molar refractivity (Wildman–Crippen MR) is 89.4 cm³/mol. The summed E-state index contributed by atoms with van der Waals surface area (Å²) in [4.78, 5) is 27.7. The van der Waals surface area contributed by atoms with E-state index >= 15 is 0 Å². The predicted octanol–water partition coefficient (Wildman–Crippen LogP) is 2.25. The average molecular weight is 311 g/mol. The molecule has 0 aliphatic rings. The lowest BCUT2D eigenvalue weighted by atomic mass is 10.1. The summed E-state index contributed by atoms with van der Waals surface area (Å²) >= 11 is 0. The normalized spacial score (nSPS) is 10.2. The minimum atomic E-state index is -0.154. The number of amides is 2. The van der Waals surface area contributed by atoms with Crippen LogP contribution in [0, 0.1) is 13.8 Å². The molecule has 0 bridgehead atoms. The molecule has 2 N–H and O–H groups in total. The fourth-order valence-corrected chi connectivity index (χ4v) is 2.08. The van der Waals surface area contributed by atoms with E-state index in [4.69, 9.17) is 0 Å². The summed E-state index contributed by atoms with van der Waals surface area (Å²) in [6.45, 7) is 5.02. The quantitative estimate of drug-likeness (QED) is 0.804. The van der Waals surface area contributed by atoms with Crippen LogP contribution in [0.4, 0.5) is 0 Å². The highest BCUT2D eigenvalue weighted by molar-refractivity contribution is 5.94. The summed E-state index contributed by atoms with van der Waals surface area (Å²) in [7, 11) is 0. The highest BCUT2D eigenvalue weighted by Crippen LogP contribution is 2.09. The molecule has 2 aromatic rings. The zero-order valence-electron chi connectivity index (χ0n) is 13.4. The standard InChI is InChI=1S/C18H21N3O2/c1-13-6-7-15(11-14(13)2)17(22)20-9-4-10-21-18(23)16-5-3-8-19-12-16/h3,5-8,11-12H,4,9-10H2,1-2H3,(H,20,22)(H,21,23). The monoisotopic (exact) mass is 311 g/mol. The highest BCUT2D eigenvalue weighted by atomic mass is 16.2. The smallest absolute Gasteiger partial charge is 0.252 e. The van der Waals surface area contributed by atoms with E-state index in [1.165, 1.54) is 11.8 Å². The Hall–Kier alpha value is -2.69. The molecule has 120 valence electrons. The number of benzene rings is 1. The molecule has 0 aliphatic heterocycles. The first-order chi connectivity index (χ1) is 11.1. The highest BCUT2D eigenvalue weighted by Gasteiger charge is 2.06. The van der Waals surface area contributed by atoms with Crippen LogP contribution in [0.1, 0.15) is 38.3 Å². The number of nitrogens with zero attached hydrogens (tertiary/aromatic N) is 1. The number of pyridine rings is 1. The molecular formula is C18H21N3O2. The van der Waals surface area contributed by atoms with Gasteiger partial charge in [-0.15, -0.1) is 0 Å². The zero-order chi connectivity index (χ0) is 16.7. The van der Waals surface area contributed by atoms with Gasteiger partial charge >= 0.3 is 0 Å². The summed E-state index contributed by atoms with van der Waals surface area (Å²) in [5, 5.41) is 5.66. The van der Waals surface area contributed by atoms with E-state index in [9.17, 15) is 9.59 Å². The molecule has 5 nitrogen and oxygen atoms in total. The van der Waals surface area contributed by atoms with E-state index in [0.717, 1.165) is 5.56 Å². The van der Waals surface area contributed by atoms with Crippen LogP contribution < -0.4 is 10.6 Å². The molecular weight excluding hydrogens is 290 g/mol. The van der Waals surface area contributed by atoms with Crippen molar-refractivity contribution in [3.05, 3.63) is 65.0 Å². The van der Waals surface area contributed by atoms with Crippen LogP contribution >= 0.6 is 0 Å². The van der Waals surface area contributed by atoms with Gasteiger partial charge in [-0.1, -0.05) is 6.07 Å². The lowest BCUT2D eigenvalue weighted by molar-refractivity contribution is 0.0951. The third-order valence-corrected chi connectivity index (χ3v) is 3.62. The van der Waals surface area contributed by atoms with Crippen LogP contribution in [-0.4, -0.2) is 29.9 Å². The van der Waals surface area contributed by atoms with Crippen molar-refractivity contribution in [2.24, 2.45) is 0 Å². The maximum atomic E-state index is 12.0. The van der Waals surface area contributed by atoms with Crippen LogP contribution in [-0.2, 0) is 0 Å². The summed E-state index contributed by atoms with van der Waals surface area (Å²) in [6, 6.07) is 9.08. The molecule has 1 heterocycles. The fourth-order valence-electron chi connectivity index (χ4n) is 2.08. The molecule has 0 saturated heterocycles. The topological polar surface area (TPSA) is 71.1 Å². The molecule has 1 aromatic carbocycles. The van der Waals surface area contributed by atoms with Crippen molar-refractivity contribution in [2.75, 3.05) is 13.1 Å². The van der Waals surface area contributed by atoms with E-state index in [-0.39, 0.29) is 11.8 Å². The van der Waals surface area contributed by atoms with Gasteiger partial charge < -0.3 is 10.6 Å². The van der Waals surface area contributed by atoms with Gasteiger partial charge in [-0.05, 0) is 55.7 Å². The van der Waals surface area contributed by atoms with Gasteiger partial charge in [0.25, 0.3) is 11.8 Å². The molecule has 0 fully saturated rings. The molecule has 5 heteroatoms. The summed E-state index contributed by atoms with van der Waals surface area (Å²) in [5.74, 6) is -0.245. The molecule has 0 radical (unpaired) electrons. The van der Waals surface area contributed by atoms with Crippen LogP contribution in [0.5, 0.6) is 0 Å². The van der Waals surface area contributed by atoms with Crippen molar-refractivity contribution in [2.45, 2.75) is 20.3 Å². The first kappa shape index (κ1) is 16.7. The van der Waals surface area contributed by atoms with Crippen LogP contribution in [0.3, 0.4) is 0 Å². The minimum Gasteiger partial charge on any atom is -0.352 e. The molecule has 0 spiro atoms. The Bertz CT molecular complexity index is 684. The van der Waals surface area contributed by atoms with Gasteiger partial charge in [-0.2, -0.15) is 0 Å². The average Bonchev–Trinajstić information content (AvgIpc) is 2.57. The maximum absolute atomic E-state index is 12.0. The SMILES string of the molecule is Cc1ccc(C(=O)NCCCNC(=O)c2cccnc2)cc1C. The van der Waals surface area contributed by atoms with Crippen molar-refractivity contribution >= 4 is 11.8 Å². The van der Waals surface area contributed by atoms with Crippen molar-refractivity contribution in [1.29, 1.82) is 0 Å². The first-order valence-corrected chi connectivity index (χ1v) is 7.61. The molecule has 1 aromatic heterocycles. The van der Waals surface area contributed by atoms with E-state index in [1.807, 2.05) is 32.0 Å². The lowest BCUT2D eigenvalue weighted by Gasteiger charge is -2.08. The van der Waals surface area contributed by atoms with Gasteiger partial charge in [-0.25, -0.2) is 0 Å². The van der Waals surface area contributed by atoms with Gasteiger partial charge in [-0.3, -0.25) is 14.6 Å². The number of aromatic nitrogens is 1. The molecule has 0 unspecified atom stereocenters. The summed E-state index contributed by atoms with van der Waals surface area (Å²) < 4.78 is 0. The lowest BCUT2D eigenvalue weighted by Crippen LogP contribution is -2.30. The molecule has 0 aliphatic carbocycles. The summed E-state index contributed by atoms with van der Waals surface area (Å²) in [5.41, 5.74) is 3.46. The Morgan fingerprint density at radius 1 is 0.957 bits per heavy atom. The number of hydrogen-bond acceptors (Lipinski definition) is 3. The number of rotatable bonds is 6. The van der Waals surface area contributed by atoms with Crippen molar-refractivity contribution in [1.82, 2.24) is 15.6 Å². The van der Waals surface area contributed by atoms with Gasteiger partial charge in [0.2, 0.25) is 0 Å². The zero-order valence-corrected chi connectivity index (χ0v) is 13.4. The van der Waals surface area contributed by atoms with Crippen molar-refractivity contribution in [3.8, 4) is 0 Å². The van der Waals surface area contributed by atoms with E-state index < -0.39 is 0 Å². The molecule has 0 atom stereocenters. The Balaban J connectivity index is 1.70. The number of carbonyl (C=O) groups excluding carboxylic acids is 2. The largest absolute Gasteiger partial charge is 0.352 e. The minimum absolute atomic E-state index is 0.0910. The molecule has 0 saturated carbocycles. The number of hydrogen-bond donors (Lipinski definition) is 2. The second-order valence-corrected chi connectivity index (χ2v) is 5.41. The second kappa shape index (κ2) is 8.08. The number of carbonyl (C=O) groups is 2. The van der Waals surface area contributed by atoms with Crippen molar-refractivity contribution in [3.63, 3.8) is 0 Å². The van der Waals surface area contributed by atoms with E-state index in [0.29, 0.717) is 30.6 Å². The number of nitrogens with one attached hydrogen (secondary N) is 2. The van der Waals surface area contributed by atoms with Gasteiger partial charge in [0.1, 0.15) is 0 Å². The molecule has 2 rings (SSSR count). The van der Waals surface area contributed by atoms with Crippen LogP contribution in [0.25, 0.3) is 0 Å². The van der Waals surface area contributed by atoms with Gasteiger partial charge in [0.05, 0.1) is 5.56 Å².